The lowest BCUT2D eigenvalue weighted by molar-refractivity contribution is -0.122. The van der Waals surface area contributed by atoms with Crippen LogP contribution in [0, 0.1) is 5.92 Å². The summed E-state index contributed by atoms with van der Waals surface area (Å²) in [4.78, 5) is 37.1. The van der Waals surface area contributed by atoms with E-state index in [4.69, 9.17) is 0 Å². The second-order valence-electron chi connectivity index (χ2n) is 5.34. The van der Waals surface area contributed by atoms with Crippen molar-refractivity contribution in [1.82, 2.24) is 10.2 Å². The highest BCUT2D eigenvalue weighted by Crippen LogP contribution is 2.21. The summed E-state index contributed by atoms with van der Waals surface area (Å²) < 4.78 is 0. The molecule has 1 N–H and O–H groups in total. The molecule has 2 rings (SSSR count). The van der Waals surface area contributed by atoms with Crippen molar-refractivity contribution < 1.29 is 14.4 Å². The maximum atomic E-state index is 12.1. The summed E-state index contributed by atoms with van der Waals surface area (Å²) in [5.74, 6) is -0.835. The summed E-state index contributed by atoms with van der Waals surface area (Å²) in [6, 6.07) is 6.61. The van der Waals surface area contributed by atoms with E-state index in [0.29, 0.717) is 17.0 Å². The van der Waals surface area contributed by atoms with Crippen molar-refractivity contribution in [3.05, 3.63) is 35.4 Å². The number of nitrogens with one attached hydrogen (secondary N) is 1. The molecule has 1 aromatic rings. The molecule has 5 nitrogen and oxygen atoms in total. The Balaban J connectivity index is 2.07. The van der Waals surface area contributed by atoms with Gasteiger partial charge < -0.3 is 5.32 Å². The Labute approximate surface area is 118 Å². The number of amides is 3. The summed E-state index contributed by atoms with van der Waals surface area (Å²) in [5, 5.41) is 2.79. The molecule has 0 unspecified atom stereocenters. The van der Waals surface area contributed by atoms with Gasteiger partial charge in [-0.15, -0.1) is 0 Å². The maximum absolute atomic E-state index is 12.1. The second kappa shape index (κ2) is 5.45. The van der Waals surface area contributed by atoms with E-state index in [-0.39, 0.29) is 18.5 Å². The standard InChI is InChI=1S/C15H18N2O3/c1-9(2)10(3)16-13(18)8-17-14(19)11-6-4-5-7-12(11)15(17)20/h4-7,9-10H,8H2,1-3H3,(H,16,18)/t10-/m1/s1. The van der Waals surface area contributed by atoms with Gasteiger partial charge in [-0.1, -0.05) is 26.0 Å². The fourth-order valence-electron chi connectivity index (χ4n) is 1.99. The highest BCUT2D eigenvalue weighted by Gasteiger charge is 2.36. The summed E-state index contributed by atoms with van der Waals surface area (Å²) >= 11 is 0. The Kier molecular flexibility index (Phi) is 3.88. The molecule has 0 aromatic heterocycles. The number of carbonyl (C=O) groups is 3. The number of rotatable bonds is 4. The van der Waals surface area contributed by atoms with Gasteiger partial charge in [-0.25, -0.2) is 0 Å². The van der Waals surface area contributed by atoms with E-state index in [2.05, 4.69) is 5.32 Å². The first-order valence-corrected chi connectivity index (χ1v) is 6.66. The molecule has 1 aliphatic heterocycles. The van der Waals surface area contributed by atoms with Gasteiger partial charge in [0.15, 0.2) is 0 Å². The predicted octanol–water partition coefficient (Wildman–Crippen LogP) is 1.44. The van der Waals surface area contributed by atoms with Gasteiger partial charge in [0.2, 0.25) is 5.91 Å². The lowest BCUT2D eigenvalue weighted by Crippen LogP contribution is -2.44. The van der Waals surface area contributed by atoms with E-state index in [1.165, 1.54) is 0 Å². The maximum Gasteiger partial charge on any atom is 0.262 e. The second-order valence-corrected chi connectivity index (χ2v) is 5.34. The SMILES string of the molecule is CC(C)[C@@H](C)NC(=O)CN1C(=O)c2ccccc2C1=O. The number of carbonyl (C=O) groups excluding carboxylic acids is 3. The largest absolute Gasteiger partial charge is 0.352 e. The van der Waals surface area contributed by atoms with Crippen LogP contribution in [0.4, 0.5) is 0 Å². The van der Waals surface area contributed by atoms with Crippen LogP contribution in [0.2, 0.25) is 0 Å². The molecule has 20 heavy (non-hydrogen) atoms. The minimum atomic E-state index is -0.405. The quantitative estimate of drug-likeness (QED) is 0.845. The minimum Gasteiger partial charge on any atom is -0.352 e. The predicted molar refractivity (Wildman–Crippen MR) is 74.3 cm³/mol. The van der Waals surface area contributed by atoms with Crippen LogP contribution >= 0.6 is 0 Å². The van der Waals surface area contributed by atoms with Gasteiger partial charge >= 0.3 is 0 Å². The van der Waals surface area contributed by atoms with Gasteiger partial charge in [-0.3, -0.25) is 19.3 Å². The molecule has 0 radical (unpaired) electrons. The van der Waals surface area contributed by atoms with E-state index in [1.807, 2.05) is 20.8 Å². The number of hydrogen-bond acceptors (Lipinski definition) is 3. The van der Waals surface area contributed by atoms with Crippen molar-refractivity contribution in [3.8, 4) is 0 Å². The molecule has 0 saturated carbocycles. The fraction of sp³-hybridized carbons (Fsp3) is 0.400. The highest BCUT2D eigenvalue weighted by atomic mass is 16.2. The third-order valence-corrected chi connectivity index (χ3v) is 3.57. The normalized spacial score (nSPS) is 15.5. The molecular weight excluding hydrogens is 256 g/mol. The molecule has 1 aliphatic rings. The molecule has 0 aliphatic carbocycles. The Morgan fingerprint density at radius 3 is 2.05 bits per heavy atom. The monoisotopic (exact) mass is 274 g/mol. The van der Waals surface area contributed by atoms with Gasteiger partial charge in [-0.2, -0.15) is 0 Å². The van der Waals surface area contributed by atoms with Crippen LogP contribution in [0.15, 0.2) is 24.3 Å². The smallest absolute Gasteiger partial charge is 0.262 e. The van der Waals surface area contributed by atoms with E-state index in [9.17, 15) is 14.4 Å². The van der Waals surface area contributed by atoms with E-state index >= 15 is 0 Å². The number of fused-ring (bicyclic) bond motifs is 1. The third-order valence-electron chi connectivity index (χ3n) is 3.57. The number of benzene rings is 1. The molecule has 1 aromatic carbocycles. The van der Waals surface area contributed by atoms with Gasteiger partial charge in [0.05, 0.1) is 11.1 Å². The fourth-order valence-corrected chi connectivity index (χ4v) is 1.99. The third kappa shape index (κ3) is 2.57. The number of imide groups is 1. The molecule has 0 spiro atoms. The molecule has 5 heteroatoms. The molecule has 0 fully saturated rings. The van der Waals surface area contributed by atoms with Gasteiger partial charge in [0.25, 0.3) is 11.8 Å². The van der Waals surface area contributed by atoms with Crippen molar-refractivity contribution in [3.63, 3.8) is 0 Å². The molecule has 0 saturated heterocycles. The minimum absolute atomic E-state index is 0.00215. The zero-order chi connectivity index (χ0) is 14.9. The first kappa shape index (κ1) is 14.2. The van der Waals surface area contributed by atoms with Gasteiger partial charge in [0, 0.05) is 6.04 Å². The molecule has 1 atom stereocenters. The highest BCUT2D eigenvalue weighted by molar-refractivity contribution is 6.22. The topological polar surface area (TPSA) is 66.5 Å². The Hall–Kier alpha value is -2.17. The van der Waals surface area contributed by atoms with Crippen LogP contribution in [0.5, 0.6) is 0 Å². The van der Waals surface area contributed by atoms with Crippen molar-refractivity contribution in [2.75, 3.05) is 6.54 Å². The van der Waals surface area contributed by atoms with E-state index in [0.717, 1.165) is 4.90 Å². The summed E-state index contributed by atoms with van der Waals surface area (Å²) in [7, 11) is 0. The Morgan fingerprint density at radius 2 is 1.60 bits per heavy atom. The van der Waals surface area contributed by atoms with Crippen LogP contribution in [-0.4, -0.2) is 35.2 Å². The summed E-state index contributed by atoms with van der Waals surface area (Å²) in [6.45, 7) is 5.65. The van der Waals surface area contributed by atoms with Crippen molar-refractivity contribution >= 4 is 17.7 Å². The number of hydrogen-bond donors (Lipinski definition) is 1. The lowest BCUT2D eigenvalue weighted by Gasteiger charge is -2.19. The first-order valence-electron chi connectivity index (χ1n) is 6.66. The first-order chi connectivity index (χ1) is 9.41. The molecule has 106 valence electrons. The van der Waals surface area contributed by atoms with Crippen molar-refractivity contribution in [2.24, 2.45) is 5.92 Å². The van der Waals surface area contributed by atoms with E-state index in [1.54, 1.807) is 24.3 Å². The summed E-state index contributed by atoms with van der Waals surface area (Å²) in [5.41, 5.74) is 0.726. The van der Waals surface area contributed by atoms with Crippen LogP contribution in [0.3, 0.4) is 0 Å². The van der Waals surface area contributed by atoms with Crippen LogP contribution in [0.1, 0.15) is 41.5 Å². The molecule has 1 heterocycles. The Morgan fingerprint density at radius 1 is 1.10 bits per heavy atom. The van der Waals surface area contributed by atoms with E-state index < -0.39 is 11.8 Å². The lowest BCUT2D eigenvalue weighted by atomic mass is 10.1. The average molecular weight is 274 g/mol. The van der Waals surface area contributed by atoms with Crippen LogP contribution in [-0.2, 0) is 4.79 Å². The van der Waals surface area contributed by atoms with Crippen molar-refractivity contribution in [1.29, 1.82) is 0 Å². The zero-order valence-electron chi connectivity index (χ0n) is 11.8. The molecule has 0 bridgehead atoms. The van der Waals surface area contributed by atoms with Crippen LogP contribution in [0.25, 0.3) is 0 Å². The van der Waals surface area contributed by atoms with Crippen LogP contribution < -0.4 is 5.32 Å². The van der Waals surface area contributed by atoms with Crippen molar-refractivity contribution in [2.45, 2.75) is 26.8 Å². The zero-order valence-corrected chi connectivity index (χ0v) is 11.8. The molecule has 3 amide bonds. The van der Waals surface area contributed by atoms with Gasteiger partial charge in [-0.05, 0) is 25.0 Å². The number of nitrogens with zero attached hydrogens (tertiary/aromatic N) is 1. The van der Waals surface area contributed by atoms with Gasteiger partial charge in [0.1, 0.15) is 6.54 Å². The average Bonchev–Trinajstić information content (AvgIpc) is 2.64. The Bertz CT molecular complexity index is 531. The molecular formula is C15H18N2O3. The summed E-state index contributed by atoms with van der Waals surface area (Å²) in [6.07, 6.45) is 0.